The van der Waals surface area contributed by atoms with Crippen molar-refractivity contribution in [2.45, 2.75) is 19.9 Å². The summed E-state index contributed by atoms with van der Waals surface area (Å²) in [6, 6.07) is 5.06. The molecule has 0 aromatic heterocycles. The Bertz CT molecular complexity index is 530. The number of carbonyl (C=O) groups is 2. The van der Waals surface area contributed by atoms with Crippen LogP contribution in [0.4, 0.5) is 11.4 Å². The maximum atomic E-state index is 12.3. The van der Waals surface area contributed by atoms with Gasteiger partial charge in [-0.1, -0.05) is 6.07 Å². The summed E-state index contributed by atoms with van der Waals surface area (Å²) >= 11 is 0. The molecule has 1 aromatic carbocycles. The van der Waals surface area contributed by atoms with Gasteiger partial charge in [0.15, 0.2) is 0 Å². The highest BCUT2D eigenvalue weighted by molar-refractivity contribution is 5.96. The summed E-state index contributed by atoms with van der Waals surface area (Å²) in [4.78, 5) is 25.5. The third-order valence-electron chi connectivity index (χ3n) is 3.63. The highest BCUT2D eigenvalue weighted by Crippen LogP contribution is 2.20. The summed E-state index contributed by atoms with van der Waals surface area (Å²) in [5.41, 5.74) is 8.03. The Kier molecular flexibility index (Phi) is 4.24. The summed E-state index contributed by atoms with van der Waals surface area (Å²) in [5.74, 6) is -0.176. The van der Waals surface area contributed by atoms with E-state index in [4.69, 9.17) is 5.73 Å². The van der Waals surface area contributed by atoms with Crippen LogP contribution in [0, 0.1) is 6.92 Å². The van der Waals surface area contributed by atoms with Gasteiger partial charge in [-0.15, -0.1) is 0 Å². The van der Waals surface area contributed by atoms with E-state index in [9.17, 15) is 9.59 Å². The summed E-state index contributed by atoms with van der Waals surface area (Å²) in [5, 5.41) is 5.61. The Balaban J connectivity index is 2.04. The molecule has 20 heavy (non-hydrogen) atoms. The number of nitrogens with zero attached hydrogens (tertiary/aromatic N) is 1. The Hall–Kier alpha value is -2.08. The molecule has 0 bridgehead atoms. The van der Waals surface area contributed by atoms with E-state index in [0.717, 1.165) is 5.56 Å². The highest BCUT2D eigenvalue weighted by atomic mass is 16.2. The molecule has 2 rings (SSSR count). The van der Waals surface area contributed by atoms with Gasteiger partial charge in [0.1, 0.15) is 0 Å². The lowest BCUT2D eigenvalue weighted by Gasteiger charge is -2.31. The number of rotatable bonds is 3. The molecule has 2 amide bonds. The molecule has 0 aliphatic carbocycles. The number of carbonyl (C=O) groups excluding carboxylic acids is 2. The Morgan fingerprint density at radius 3 is 2.95 bits per heavy atom. The Morgan fingerprint density at radius 1 is 1.50 bits per heavy atom. The van der Waals surface area contributed by atoms with Gasteiger partial charge in [0.05, 0.1) is 12.6 Å². The monoisotopic (exact) mass is 276 g/mol. The minimum atomic E-state index is -0.359. The van der Waals surface area contributed by atoms with E-state index in [-0.39, 0.29) is 24.4 Å². The van der Waals surface area contributed by atoms with Crippen molar-refractivity contribution in [3.63, 3.8) is 0 Å². The second-order valence-electron chi connectivity index (χ2n) is 5.01. The van der Waals surface area contributed by atoms with Crippen LogP contribution in [0.3, 0.4) is 0 Å². The molecule has 1 aliphatic rings. The Labute approximate surface area is 118 Å². The zero-order valence-corrected chi connectivity index (χ0v) is 11.8. The molecule has 0 radical (unpaired) electrons. The van der Waals surface area contributed by atoms with Crippen LogP contribution in [-0.4, -0.2) is 42.4 Å². The topological polar surface area (TPSA) is 87.5 Å². The number of piperazine rings is 1. The largest absolute Gasteiger partial charge is 0.398 e. The second-order valence-corrected chi connectivity index (χ2v) is 5.01. The first-order valence-electron chi connectivity index (χ1n) is 6.65. The summed E-state index contributed by atoms with van der Waals surface area (Å²) in [7, 11) is 0. The van der Waals surface area contributed by atoms with Crippen molar-refractivity contribution < 1.29 is 9.59 Å². The normalized spacial score (nSPS) is 17.4. The minimum Gasteiger partial charge on any atom is -0.398 e. The van der Waals surface area contributed by atoms with Crippen molar-refractivity contribution in [1.29, 1.82) is 0 Å². The van der Waals surface area contributed by atoms with Crippen molar-refractivity contribution in [1.82, 2.24) is 10.2 Å². The van der Waals surface area contributed by atoms with Gasteiger partial charge in [0.2, 0.25) is 11.8 Å². The molecule has 0 saturated carbocycles. The molecule has 1 aromatic rings. The van der Waals surface area contributed by atoms with E-state index in [2.05, 4.69) is 10.6 Å². The minimum absolute atomic E-state index is 0.0453. The van der Waals surface area contributed by atoms with E-state index < -0.39 is 0 Å². The van der Waals surface area contributed by atoms with Crippen LogP contribution in [0.25, 0.3) is 0 Å². The highest BCUT2D eigenvalue weighted by Gasteiger charge is 2.26. The van der Waals surface area contributed by atoms with Crippen LogP contribution in [-0.2, 0) is 9.59 Å². The van der Waals surface area contributed by atoms with Crippen LogP contribution in [0.2, 0.25) is 0 Å². The van der Waals surface area contributed by atoms with Gasteiger partial charge in [-0.3, -0.25) is 14.5 Å². The van der Waals surface area contributed by atoms with Crippen LogP contribution < -0.4 is 16.4 Å². The smallest absolute Gasteiger partial charge is 0.241 e. The van der Waals surface area contributed by atoms with Crippen molar-refractivity contribution in [3.8, 4) is 0 Å². The molecule has 1 fully saturated rings. The van der Waals surface area contributed by atoms with Crippen LogP contribution >= 0.6 is 0 Å². The number of nitrogen functional groups attached to an aromatic ring is 1. The van der Waals surface area contributed by atoms with Crippen LogP contribution in [0.1, 0.15) is 12.5 Å². The molecule has 108 valence electrons. The fourth-order valence-electron chi connectivity index (χ4n) is 2.18. The first kappa shape index (κ1) is 14.3. The number of hydrogen-bond donors (Lipinski definition) is 3. The molecular weight excluding hydrogens is 256 g/mol. The van der Waals surface area contributed by atoms with E-state index in [1.54, 1.807) is 19.1 Å². The first-order valence-corrected chi connectivity index (χ1v) is 6.65. The molecule has 6 heteroatoms. The molecule has 1 heterocycles. The lowest BCUT2D eigenvalue weighted by Crippen LogP contribution is -2.53. The van der Waals surface area contributed by atoms with Crippen LogP contribution in [0.5, 0.6) is 0 Å². The summed E-state index contributed by atoms with van der Waals surface area (Å²) < 4.78 is 0. The maximum absolute atomic E-state index is 12.3. The first-order chi connectivity index (χ1) is 9.49. The molecule has 4 N–H and O–H groups in total. The third-order valence-corrected chi connectivity index (χ3v) is 3.63. The number of nitrogens with one attached hydrogen (secondary N) is 2. The molecule has 1 aliphatic heterocycles. The van der Waals surface area contributed by atoms with Gasteiger partial charge in [-0.25, -0.2) is 0 Å². The lowest BCUT2D eigenvalue weighted by molar-refractivity contribution is -0.127. The maximum Gasteiger partial charge on any atom is 0.241 e. The van der Waals surface area contributed by atoms with Crippen molar-refractivity contribution in [2.75, 3.05) is 30.7 Å². The van der Waals surface area contributed by atoms with Gasteiger partial charge in [0, 0.05) is 24.5 Å². The fourth-order valence-corrected chi connectivity index (χ4v) is 2.18. The van der Waals surface area contributed by atoms with Crippen molar-refractivity contribution >= 4 is 23.2 Å². The number of amides is 2. The quantitative estimate of drug-likeness (QED) is 0.695. The number of benzene rings is 1. The number of hydrogen-bond acceptors (Lipinski definition) is 4. The van der Waals surface area contributed by atoms with E-state index in [1.165, 1.54) is 0 Å². The van der Waals surface area contributed by atoms with Crippen molar-refractivity contribution in [2.24, 2.45) is 0 Å². The van der Waals surface area contributed by atoms with Gasteiger partial charge < -0.3 is 16.4 Å². The fraction of sp³-hybridized carbons (Fsp3) is 0.429. The average molecular weight is 276 g/mol. The van der Waals surface area contributed by atoms with E-state index in [0.29, 0.717) is 24.5 Å². The third kappa shape index (κ3) is 3.08. The molecular formula is C14H20N4O2. The molecule has 1 saturated heterocycles. The predicted octanol–water partition coefficient (Wildman–Crippen LogP) is 0.336. The number of nitrogens with two attached hydrogens (primary N) is 1. The van der Waals surface area contributed by atoms with Crippen molar-refractivity contribution in [3.05, 3.63) is 23.8 Å². The van der Waals surface area contributed by atoms with Gasteiger partial charge >= 0.3 is 0 Å². The average Bonchev–Trinajstić information content (AvgIpc) is 2.43. The lowest BCUT2D eigenvalue weighted by atomic mass is 10.1. The number of anilines is 2. The summed E-state index contributed by atoms with van der Waals surface area (Å²) in [6.45, 7) is 5.17. The van der Waals surface area contributed by atoms with Gasteiger partial charge in [-0.2, -0.15) is 0 Å². The second kappa shape index (κ2) is 5.92. The molecule has 6 nitrogen and oxygen atoms in total. The van der Waals surface area contributed by atoms with Gasteiger partial charge in [-0.05, 0) is 31.5 Å². The van der Waals surface area contributed by atoms with E-state index in [1.807, 2.05) is 17.9 Å². The standard InChI is InChI=1S/C14H20N4O2/c1-9-11(15)4-3-5-12(9)17-14(20)10(2)18-7-6-16-13(19)8-18/h3-5,10H,6-8,15H2,1-2H3,(H,16,19)(H,17,20). The van der Waals surface area contributed by atoms with E-state index >= 15 is 0 Å². The zero-order valence-electron chi connectivity index (χ0n) is 11.8. The molecule has 1 unspecified atom stereocenters. The predicted molar refractivity (Wildman–Crippen MR) is 78.3 cm³/mol. The molecule has 1 atom stereocenters. The van der Waals surface area contributed by atoms with Gasteiger partial charge in [0.25, 0.3) is 0 Å². The zero-order chi connectivity index (χ0) is 14.7. The molecule has 0 spiro atoms. The SMILES string of the molecule is Cc1c(N)cccc1NC(=O)C(C)N1CCNC(=O)C1. The Morgan fingerprint density at radius 2 is 2.25 bits per heavy atom. The summed E-state index contributed by atoms with van der Waals surface area (Å²) in [6.07, 6.45) is 0. The van der Waals surface area contributed by atoms with Crippen LogP contribution in [0.15, 0.2) is 18.2 Å².